The van der Waals surface area contributed by atoms with Crippen LogP contribution in [0.5, 0.6) is 5.75 Å². The van der Waals surface area contributed by atoms with E-state index in [1.807, 2.05) is 31.3 Å². The Labute approximate surface area is 121 Å². The van der Waals surface area contributed by atoms with E-state index >= 15 is 0 Å². The zero-order valence-electron chi connectivity index (χ0n) is 10.2. The molecule has 0 fully saturated rings. The molecular formula is C14H12Cl2N2O. The SMILES string of the molecule is CNc1ccccc1N=Cc1cc(Cl)cc(Cl)c1O. The van der Waals surface area contributed by atoms with Crippen LogP contribution >= 0.6 is 23.2 Å². The van der Waals surface area contributed by atoms with E-state index in [2.05, 4.69) is 10.3 Å². The van der Waals surface area contributed by atoms with Gasteiger partial charge in [-0.2, -0.15) is 0 Å². The molecule has 0 aliphatic rings. The lowest BCUT2D eigenvalue weighted by Crippen LogP contribution is -1.88. The maximum absolute atomic E-state index is 9.83. The Balaban J connectivity index is 2.38. The highest BCUT2D eigenvalue weighted by Crippen LogP contribution is 2.31. The van der Waals surface area contributed by atoms with Gasteiger partial charge < -0.3 is 10.4 Å². The molecule has 0 saturated heterocycles. The van der Waals surface area contributed by atoms with Crippen LogP contribution in [0.4, 0.5) is 11.4 Å². The quantitative estimate of drug-likeness (QED) is 0.819. The first-order chi connectivity index (χ1) is 9.11. The van der Waals surface area contributed by atoms with Gasteiger partial charge in [-0.1, -0.05) is 35.3 Å². The number of nitrogens with one attached hydrogen (secondary N) is 1. The van der Waals surface area contributed by atoms with Crippen molar-refractivity contribution in [1.82, 2.24) is 0 Å². The number of para-hydroxylation sites is 2. The monoisotopic (exact) mass is 294 g/mol. The normalized spacial score (nSPS) is 10.9. The zero-order chi connectivity index (χ0) is 13.8. The van der Waals surface area contributed by atoms with E-state index in [1.165, 1.54) is 12.3 Å². The van der Waals surface area contributed by atoms with Crippen molar-refractivity contribution in [2.24, 2.45) is 4.99 Å². The third kappa shape index (κ3) is 3.19. The van der Waals surface area contributed by atoms with Gasteiger partial charge in [-0.15, -0.1) is 0 Å². The molecular weight excluding hydrogens is 283 g/mol. The fourth-order valence-corrected chi connectivity index (χ4v) is 2.13. The molecule has 0 heterocycles. The summed E-state index contributed by atoms with van der Waals surface area (Å²) in [5, 5.41) is 13.5. The van der Waals surface area contributed by atoms with Gasteiger partial charge in [-0.3, -0.25) is 4.99 Å². The van der Waals surface area contributed by atoms with Crippen LogP contribution in [0.3, 0.4) is 0 Å². The van der Waals surface area contributed by atoms with E-state index in [9.17, 15) is 5.11 Å². The second-order valence-corrected chi connectivity index (χ2v) is 4.69. The second-order valence-electron chi connectivity index (χ2n) is 3.85. The van der Waals surface area contributed by atoms with Crippen molar-refractivity contribution in [3.05, 3.63) is 52.0 Å². The molecule has 98 valence electrons. The first-order valence-electron chi connectivity index (χ1n) is 5.60. The highest BCUT2D eigenvalue weighted by Gasteiger charge is 2.06. The molecule has 2 aromatic rings. The number of aromatic hydroxyl groups is 1. The van der Waals surface area contributed by atoms with Gasteiger partial charge in [0.15, 0.2) is 0 Å². The number of benzene rings is 2. The Morgan fingerprint density at radius 3 is 2.68 bits per heavy atom. The minimum absolute atomic E-state index is 0.0308. The molecule has 0 spiro atoms. The number of phenolic OH excluding ortho intramolecular Hbond substituents is 1. The average molecular weight is 295 g/mol. The number of anilines is 1. The molecule has 0 aliphatic carbocycles. The summed E-state index contributed by atoms with van der Waals surface area (Å²) in [5.74, 6) is -0.0308. The third-order valence-corrected chi connectivity index (χ3v) is 3.08. The van der Waals surface area contributed by atoms with Crippen LogP contribution in [0.15, 0.2) is 41.4 Å². The van der Waals surface area contributed by atoms with Crippen LogP contribution in [0.2, 0.25) is 10.0 Å². The number of hydrogen-bond donors (Lipinski definition) is 2. The number of nitrogens with zero attached hydrogens (tertiary/aromatic N) is 1. The molecule has 0 unspecified atom stereocenters. The largest absolute Gasteiger partial charge is 0.506 e. The Bertz CT molecular complexity index is 627. The topological polar surface area (TPSA) is 44.6 Å². The minimum Gasteiger partial charge on any atom is -0.506 e. The molecule has 19 heavy (non-hydrogen) atoms. The molecule has 3 nitrogen and oxygen atoms in total. The van der Waals surface area contributed by atoms with Gasteiger partial charge in [0.25, 0.3) is 0 Å². The van der Waals surface area contributed by atoms with Gasteiger partial charge in [-0.25, -0.2) is 0 Å². The van der Waals surface area contributed by atoms with E-state index in [-0.39, 0.29) is 10.8 Å². The molecule has 0 aliphatic heterocycles. The van der Waals surface area contributed by atoms with Gasteiger partial charge in [0.1, 0.15) is 5.75 Å². The Kier molecular flexibility index (Phi) is 4.30. The highest BCUT2D eigenvalue weighted by atomic mass is 35.5. The van der Waals surface area contributed by atoms with E-state index in [4.69, 9.17) is 23.2 Å². The van der Waals surface area contributed by atoms with Crippen molar-refractivity contribution in [2.45, 2.75) is 0 Å². The number of halogens is 2. The lowest BCUT2D eigenvalue weighted by Gasteiger charge is -2.05. The molecule has 5 heteroatoms. The summed E-state index contributed by atoms with van der Waals surface area (Å²) in [5.41, 5.74) is 2.13. The number of rotatable bonds is 3. The summed E-state index contributed by atoms with van der Waals surface area (Å²) in [7, 11) is 1.82. The van der Waals surface area contributed by atoms with E-state index < -0.39 is 0 Å². The molecule has 0 atom stereocenters. The van der Waals surface area contributed by atoms with Crippen LogP contribution in [0, 0.1) is 0 Å². The molecule has 2 aromatic carbocycles. The molecule has 2 N–H and O–H groups in total. The van der Waals surface area contributed by atoms with Crippen LogP contribution in [0.1, 0.15) is 5.56 Å². The van der Waals surface area contributed by atoms with Crippen LogP contribution in [-0.4, -0.2) is 18.4 Å². The molecule has 0 radical (unpaired) electrons. The highest BCUT2D eigenvalue weighted by molar-refractivity contribution is 6.36. The van der Waals surface area contributed by atoms with E-state index in [1.54, 1.807) is 6.07 Å². The summed E-state index contributed by atoms with van der Waals surface area (Å²) in [4.78, 5) is 4.33. The molecule has 0 amide bonds. The van der Waals surface area contributed by atoms with Crippen molar-refractivity contribution in [1.29, 1.82) is 0 Å². The summed E-state index contributed by atoms with van der Waals surface area (Å²) >= 11 is 11.7. The molecule has 0 aromatic heterocycles. The van der Waals surface area contributed by atoms with Crippen molar-refractivity contribution in [3.63, 3.8) is 0 Å². The number of hydrogen-bond acceptors (Lipinski definition) is 3. The Morgan fingerprint density at radius 2 is 1.95 bits per heavy atom. The van der Waals surface area contributed by atoms with Crippen LogP contribution < -0.4 is 5.32 Å². The lowest BCUT2D eigenvalue weighted by molar-refractivity contribution is 0.475. The summed E-state index contributed by atoms with van der Waals surface area (Å²) in [6.07, 6.45) is 1.53. The molecule has 0 bridgehead atoms. The van der Waals surface area contributed by atoms with Gasteiger partial charge >= 0.3 is 0 Å². The average Bonchev–Trinajstić information content (AvgIpc) is 2.41. The number of phenols is 1. The van der Waals surface area contributed by atoms with Crippen LogP contribution in [-0.2, 0) is 0 Å². The third-order valence-electron chi connectivity index (χ3n) is 2.57. The van der Waals surface area contributed by atoms with Crippen molar-refractivity contribution in [2.75, 3.05) is 12.4 Å². The Morgan fingerprint density at radius 1 is 1.21 bits per heavy atom. The maximum atomic E-state index is 9.83. The van der Waals surface area contributed by atoms with Crippen molar-refractivity contribution < 1.29 is 5.11 Å². The summed E-state index contributed by atoms with van der Waals surface area (Å²) in [6, 6.07) is 10.7. The zero-order valence-corrected chi connectivity index (χ0v) is 11.7. The predicted octanol–water partition coefficient (Wildman–Crippen LogP) is 4.49. The standard InChI is InChI=1S/C14H12Cl2N2O/c1-17-12-4-2-3-5-13(12)18-8-9-6-10(15)7-11(16)14(9)19/h2-8,17,19H,1H3. The van der Waals surface area contributed by atoms with E-state index in [0.717, 1.165) is 11.4 Å². The fraction of sp³-hybridized carbons (Fsp3) is 0.0714. The van der Waals surface area contributed by atoms with Gasteiger partial charge in [0, 0.05) is 23.8 Å². The predicted molar refractivity (Wildman–Crippen MR) is 81.4 cm³/mol. The summed E-state index contributed by atoms with van der Waals surface area (Å²) < 4.78 is 0. The molecule has 2 rings (SSSR count). The van der Waals surface area contributed by atoms with Gasteiger partial charge in [0.2, 0.25) is 0 Å². The number of aliphatic imine (C=N–C) groups is 1. The smallest absolute Gasteiger partial charge is 0.143 e. The van der Waals surface area contributed by atoms with Gasteiger partial charge in [-0.05, 0) is 24.3 Å². The van der Waals surface area contributed by atoms with Crippen molar-refractivity contribution in [3.8, 4) is 5.75 Å². The summed E-state index contributed by atoms with van der Waals surface area (Å²) in [6.45, 7) is 0. The maximum Gasteiger partial charge on any atom is 0.143 e. The minimum atomic E-state index is -0.0308. The van der Waals surface area contributed by atoms with E-state index in [0.29, 0.717) is 10.6 Å². The first-order valence-corrected chi connectivity index (χ1v) is 6.36. The van der Waals surface area contributed by atoms with Crippen molar-refractivity contribution >= 4 is 40.8 Å². The van der Waals surface area contributed by atoms with Gasteiger partial charge in [0.05, 0.1) is 16.4 Å². The Hall–Kier alpha value is -1.71. The fourth-order valence-electron chi connectivity index (χ4n) is 1.62. The molecule has 0 saturated carbocycles. The lowest BCUT2D eigenvalue weighted by atomic mass is 10.2. The first kappa shape index (κ1) is 13.7. The van der Waals surface area contributed by atoms with Crippen LogP contribution in [0.25, 0.3) is 0 Å². The second kappa shape index (κ2) is 5.95.